The van der Waals surface area contributed by atoms with Crippen LogP contribution in [0.3, 0.4) is 0 Å². The van der Waals surface area contributed by atoms with Gasteiger partial charge in [-0.15, -0.1) is 0 Å². The summed E-state index contributed by atoms with van der Waals surface area (Å²) in [5.74, 6) is 0. The van der Waals surface area contributed by atoms with Crippen LogP contribution < -0.4 is 10.9 Å². The minimum absolute atomic E-state index is 0.212. The Morgan fingerprint density at radius 2 is 2.05 bits per heavy atom. The predicted molar refractivity (Wildman–Crippen MR) is 89.3 cm³/mol. The molecule has 0 aliphatic heterocycles. The minimum Gasteiger partial charge on any atom is -0.381 e. The van der Waals surface area contributed by atoms with Crippen LogP contribution in [0.5, 0.6) is 0 Å². The molecule has 1 rings (SSSR count). The molecule has 0 atom stereocenters. The number of hydrogen-bond acceptors (Lipinski definition) is 4. The van der Waals surface area contributed by atoms with Gasteiger partial charge in [0.2, 0.25) is 0 Å². The van der Waals surface area contributed by atoms with E-state index in [1.165, 1.54) is 4.68 Å². The standard InChI is InChI=1S/C15H27ClN4O/c1-4-7-10-20-15(21)14(16)13(12-18-20)17-8-11-19(6-3)9-5-2/h12,17H,4-11H2,1-3H3. The highest BCUT2D eigenvalue weighted by molar-refractivity contribution is 6.32. The summed E-state index contributed by atoms with van der Waals surface area (Å²) in [4.78, 5) is 14.4. The Labute approximate surface area is 132 Å². The monoisotopic (exact) mass is 314 g/mol. The molecule has 6 heteroatoms. The van der Waals surface area contributed by atoms with Crippen molar-refractivity contribution in [2.75, 3.05) is 31.5 Å². The third-order valence-electron chi connectivity index (χ3n) is 3.44. The maximum Gasteiger partial charge on any atom is 0.287 e. The highest BCUT2D eigenvalue weighted by Crippen LogP contribution is 2.14. The lowest BCUT2D eigenvalue weighted by atomic mass is 10.3. The molecule has 0 aromatic carbocycles. The van der Waals surface area contributed by atoms with E-state index >= 15 is 0 Å². The molecule has 0 aliphatic rings. The quantitative estimate of drug-likeness (QED) is 0.721. The molecule has 1 heterocycles. The molecule has 0 saturated carbocycles. The van der Waals surface area contributed by atoms with Crippen molar-refractivity contribution >= 4 is 17.3 Å². The van der Waals surface area contributed by atoms with Crippen LogP contribution in [0.15, 0.2) is 11.0 Å². The van der Waals surface area contributed by atoms with E-state index in [0.29, 0.717) is 12.2 Å². The van der Waals surface area contributed by atoms with Crippen LogP contribution in [0.4, 0.5) is 5.69 Å². The second-order valence-electron chi connectivity index (χ2n) is 5.12. The van der Waals surface area contributed by atoms with Crippen molar-refractivity contribution in [2.45, 2.75) is 46.6 Å². The molecule has 0 fully saturated rings. The average Bonchev–Trinajstić information content (AvgIpc) is 2.49. The van der Waals surface area contributed by atoms with Gasteiger partial charge in [0, 0.05) is 19.6 Å². The fourth-order valence-corrected chi connectivity index (χ4v) is 2.36. The average molecular weight is 315 g/mol. The number of nitrogens with one attached hydrogen (secondary N) is 1. The van der Waals surface area contributed by atoms with Crippen molar-refractivity contribution in [1.82, 2.24) is 14.7 Å². The lowest BCUT2D eigenvalue weighted by Gasteiger charge is -2.20. The van der Waals surface area contributed by atoms with E-state index in [1.54, 1.807) is 6.20 Å². The highest BCUT2D eigenvalue weighted by atomic mass is 35.5. The van der Waals surface area contributed by atoms with Gasteiger partial charge in [-0.05, 0) is 25.9 Å². The molecule has 0 spiro atoms. The van der Waals surface area contributed by atoms with Gasteiger partial charge in [0.05, 0.1) is 11.9 Å². The number of nitrogens with zero attached hydrogens (tertiary/aromatic N) is 3. The summed E-state index contributed by atoms with van der Waals surface area (Å²) in [6.07, 6.45) is 4.74. The first-order valence-electron chi connectivity index (χ1n) is 7.85. The fraction of sp³-hybridized carbons (Fsp3) is 0.733. The molecule has 0 bridgehead atoms. The zero-order valence-electron chi connectivity index (χ0n) is 13.4. The number of hydrogen-bond donors (Lipinski definition) is 1. The van der Waals surface area contributed by atoms with E-state index in [0.717, 1.165) is 45.4 Å². The summed E-state index contributed by atoms with van der Waals surface area (Å²) < 4.78 is 1.44. The minimum atomic E-state index is -0.212. The Morgan fingerprint density at radius 1 is 1.29 bits per heavy atom. The van der Waals surface area contributed by atoms with Gasteiger partial charge in [0.15, 0.2) is 0 Å². The van der Waals surface area contributed by atoms with Crippen LogP contribution in [0.2, 0.25) is 5.02 Å². The van der Waals surface area contributed by atoms with E-state index in [9.17, 15) is 4.79 Å². The SMILES string of the molecule is CCCCn1ncc(NCCN(CC)CCC)c(Cl)c1=O. The van der Waals surface area contributed by atoms with Gasteiger partial charge in [0.25, 0.3) is 5.56 Å². The molecule has 0 radical (unpaired) electrons. The van der Waals surface area contributed by atoms with Crippen molar-refractivity contribution in [3.05, 3.63) is 21.6 Å². The van der Waals surface area contributed by atoms with Gasteiger partial charge in [-0.3, -0.25) is 4.79 Å². The molecule has 0 aliphatic carbocycles. The number of halogens is 1. The Morgan fingerprint density at radius 3 is 2.67 bits per heavy atom. The molecule has 0 saturated heterocycles. The summed E-state index contributed by atoms with van der Waals surface area (Å²) >= 11 is 6.14. The zero-order chi connectivity index (χ0) is 15.7. The van der Waals surface area contributed by atoms with Crippen molar-refractivity contribution in [2.24, 2.45) is 0 Å². The molecule has 21 heavy (non-hydrogen) atoms. The van der Waals surface area contributed by atoms with Crippen molar-refractivity contribution in [3.8, 4) is 0 Å². The first-order valence-corrected chi connectivity index (χ1v) is 8.23. The Hall–Kier alpha value is -1.07. The Balaban J connectivity index is 2.60. The van der Waals surface area contributed by atoms with Crippen LogP contribution >= 0.6 is 11.6 Å². The fourth-order valence-electron chi connectivity index (χ4n) is 2.15. The maximum absolute atomic E-state index is 12.1. The highest BCUT2D eigenvalue weighted by Gasteiger charge is 2.09. The van der Waals surface area contributed by atoms with E-state index < -0.39 is 0 Å². The van der Waals surface area contributed by atoms with E-state index in [2.05, 4.69) is 36.1 Å². The molecular formula is C15H27ClN4O. The van der Waals surface area contributed by atoms with E-state index in [4.69, 9.17) is 11.6 Å². The van der Waals surface area contributed by atoms with Gasteiger partial charge in [-0.2, -0.15) is 5.10 Å². The molecule has 0 amide bonds. The summed E-state index contributed by atoms with van der Waals surface area (Å²) in [6, 6.07) is 0. The third-order valence-corrected chi connectivity index (χ3v) is 3.80. The number of rotatable bonds is 10. The number of aromatic nitrogens is 2. The molecule has 1 aromatic heterocycles. The second kappa shape index (κ2) is 9.79. The molecule has 0 unspecified atom stereocenters. The number of aryl methyl sites for hydroxylation is 1. The van der Waals surface area contributed by atoms with Crippen LogP contribution in [0.25, 0.3) is 0 Å². The summed E-state index contributed by atoms with van der Waals surface area (Å²) in [5.41, 5.74) is 0.415. The second-order valence-corrected chi connectivity index (χ2v) is 5.49. The normalized spacial score (nSPS) is 11.1. The van der Waals surface area contributed by atoms with Crippen LogP contribution in [-0.4, -0.2) is 40.9 Å². The lowest BCUT2D eigenvalue weighted by molar-refractivity contribution is 0.300. The maximum atomic E-state index is 12.1. The van der Waals surface area contributed by atoms with Crippen molar-refractivity contribution < 1.29 is 0 Å². The van der Waals surface area contributed by atoms with Crippen molar-refractivity contribution in [1.29, 1.82) is 0 Å². The Kier molecular flexibility index (Phi) is 8.38. The Bertz CT molecular complexity index is 475. The molecular weight excluding hydrogens is 288 g/mol. The van der Waals surface area contributed by atoms with E-state index in [1.807, 2.05) is 0 Å². The summed E-state index contributed by atoms with van der Waals surface area (Å²) in [5, 5.41) is 7.62. The number of anilines is 1. The van der Waals surface area contributed by atoms with Gasteiger partial charge < -0.3 is 10.2 Å². The number of likely N-dealkylation sites (N-methyl/N-ethyl adjacent to an activating group) is 1. The molecule has 1 aromatic rings. The first kappa shape index (κ1) is 18.0. The summed E-state index contributed by atoms with van der Waals surface area (Å²) in [6.45, 7) is 10.8. The third kappa shape index (κ3) is 5.67. The van der Waals surface area contributed by atoms with Gasteiger partial charge >= 0.3 is 0 Å². The van der Waals surface area contributed by atoms with Gasteiger partial charge in [-0.1, -0.05) is 38.8 Å². The largest absolute Gasteiger partial charge is 0.381 e. The van der Waals surface area contributed by atoms with Crippen LogP contribution in [0.1, 0.15) is 40.0 Å². The first-order chi connectivity index (χ1) is 10.1. The smallest absolute Gasteiger partial charge is 0.287 e. The van der Waals surface area contributed by atoms with Gasteiger partial charge in [-0.25, -0.2) is 4.68 Å². The van der Waals surface area contributed by atoms with Gasteiger partial charge in [0.1, 0.15) is 5.02 Å². The number of unbranched alkanes of at least 4 members (excludes halogenated alkanes) is 1. The predicted octanol–water partition coefficient (Wildman–Crippen LogP) is 2.84. The summed E-state index contributed by atoms with van der Waals surface area (Å²) in [7, 11) is 0. The molecule has 5 nitrogen and oxygen atoms in total. The van der Waals surface area contributed by atoms with Crippen LogP contribution in [0, 0.1) is 0 Å². The van der Waals surface area contributed by atoms with Crippen LogP contribution in [-0.2, 0) is 6.54 Å². The topological polar surface area (TPSA) is 50.2 Å². The zero-order valence-corrected chi connectivity index (χ0v) is 14.1. The molecule has 1 N–H and O–H groups in total. The molecule has 120 valence electrons. The van der Waals surface area contributed by atoms with Crippen molar-refractivity contribution in [3.63, 3.8) is 0 Å². The van der Waals surface area contributed by atoms with E-state index in [-0.39, 0.29) is 10.6 Å². The lowest BCUT2D eigenvalue weighted by Crippen LogP contribution is -2.30.